The minimum absolute atomic E-state index is 0.0168. The Hall–Kier alpha value is -1.13. The molecular weight excluding hydrogens is 190 g/mol. The molecule has 0 fully saturated rings. The zero-order valence-electron chi connectivity index (χ0n) is 9.60. The van der Waals surface area contributed by atoms with Crippen LogP contribution in [0, 0.1) is 6.92 Å². The van der Waals surface area contributed by atoms with Crippen molar-refractivity contribution < 1.29 is 4.74 Å². The van der Waals surface area contributed by atoms with Crippen LogP contribution in [-0.4, -0.2) is 38.3 Å². The predicted molar refractivity (Wildman–Crippen MR) is 62.1 cm³/mol. The summed E-state index contributed by atoms with van der Waals surface area (Å²) in [7, 11) is 3.64. The molecule has 0 aromatic carbocycles. The Morgan fingerprint density at radius 2 is 2.27 bits per heavy atom. The molecule has 0 aliphatic heterocycles. The number of pyridine rings is 1. The first kappa shape index (κ1) is 11.9. The van der Waals surface area contributed by atoms with Crippen molar-refractivity contribution in [3.8, 4) is 0 Å². The van der Waals surface area contributed by atoms with Gasteiger partial charge in [0.25, 0.3) is 0 Å². The number of aromatic nitrogens is 1. The van der Waals surface area contributed by atoms with Crippen molar-refractivity contribution >= 4 is 5.82 Å². The highest BCUT2D eigenvalue weighted by Crippen LogP contribution is 2.08. The highest BCUT2D eigenvalue weighted by molar-refractivity contribution is 5.38. The van der Waals surface area contributed by atoms with Gasteiger partial charge < -0.3 is 15.4 Å². The van der Waals surface area contributed by atoms with Crippen molar-refractivity contribution in [3.63, 3.8) is 0 Å². The van der Waals surface area contributed by atoms with E-state index in [1.165, 1.54) is 0 Å². The third-order valence-corrected chi connectivity index (χ3v) is 2.18. The van der Waals surface area contributed by atoms with Crippen molar-refractivity contribution in [1.82, 2.24) is 4.98 Å². The molecule has 0 aliphatic carbocycles. The Labute approximate surface area is 91.1 Å². The van der Waals surface area contributed by atoms with Crippen molar-refractivity contribution in [3.05, 3.63) is 23.9 Å². The molecule has 0 saturated heterocycles. The van der Waals surface area contributed by atoms with Crippen molar-refractivity contribution in [2.75, 3.05) is 32.2 Å². The quantitative estimate of drug-likeness (QED) is 0.779. The number of likely N-dealkylation sites (N-methyl/N-ethyl adjacent to an activating group) is 1. The second-order valence-electron chi connectivity index (χ2n) is 3.79. The molecule has 15 heavy (non-hydrogen) atoms. The van der Waals surface area contributed by atoms with Crippen LogP contribution in [0.25, 0.3) is 0 Å². The van der Waals surface area contributed by atoms with Crippen LogP contribution < -0.4 is 10.6 Å². The lowest BCUT2D eigenvalue weighted by molar-refractivity contribution is 0.181. The molecular formula is C11H19N3O. The number of aryl methyl sites for hydroxylation is 1. The zero-order chi connectivity index (χ0) is 11.3. The van der Waals surface area contributed by atoms with Gasteiger partial charge in [-0.15, -0.1) is 0 Å². The van der Waals surface area contributed by atoms with Gasteiger partial charge in [-0.1, -0.05) is 6.07 Å². The molecule has 0 bridgehead atoms. The molecule has 1 atom stereocenters. The van der Waals surface area contributed by atoms with Crippen LogP contribution in [0.2, 0.25) is 0 Å². The molecule has 1 aromatic heterocycles. The molecule has 2 N–H and O–H groups in total. The van der Waals surface area contributed by atoms with E-state index in [0.29, 0.717) is 6.61 Å². The first-order chi connectivity index (χ1) is 7.13. The summed E-state index contributed by atoms with van der Waals surface area (Å²) in [5.74, 6) is 0.937. The van der Waals surface area contributed by atoms with Crippen LogP contribution in [0.3, 0.4) is 0 Å². The summed E-state index contributed by atoms with van der Waals surface area (Å²) in [4.78, 5) is 6.35. The molecule has 4 nitrogen and oxygen atoms in total. The number of rotatable bonds is 5. The van der Waals surface area contributed by atoms with Crippen LogP contribution >= 0.6 is 0 Å². The third kappa shape index (κ3) is 3.85. The SMILES string of the molecule is COCC(N)CN(C)c1ccc(C)cn1. The van der Waals surface area contributed by atoms with E-state index in [0.717, 1.165) is 17.9 Å². The Morgan fingerprint density at radius 3 is 2.80 bits per heavy atom. The minimum atomic E-state index is 0.0168. The summed E-state index contributed by atoms with van der Waals surface area (Å²) in [6, 6.07) is 4.05. The summed E-state index contributed by atoms with van der Waals surface area (Å²) in [6.07, 6.45) is 1.85. The number of nitrogens with zero attached hydrogens (tertiary/aromatic N) is 2. The maximum absolute atomic E-state index is 5.86. The van der Waals surface area contributed by atoms with Gasteiger partial charge in [0.15, 0.2) is 0 Å². The van der Waals surface area contributed by atoms with Gasteiger partial charge in [0.1, 0.15) is 5.82 Å². The van der Waals surface area contributed by atoms with Crippen LogP contribution in [-0.2, 0) is 4.74 Å². The van der Waals surface area contributed by atoms with Gasteiger partial charge in [0.2, 0.25) is 0 Å². The molecule has 1 aromatic rings. The Morgan fingerprint density at radius 1 is 1.53 bits per heavy atom. The van der Waals surface area contributed by atoms with Crippen molar-refractivity contribution in [2.24, 2.45) is 5.73 Å². The fourth-order valence-corrected chi connectivity index (χ4v) is 1.40. The summed E-state index contributed by atoms with van der Waals surface area (Å²) in [6.45, 7) is 3.33. The normalized spacial score (nSPS) is 12.5. The molecule has 0 saturated carbocycles. The molecule has 0 spiro atoms. The van der Waals surface area contributed by atoms with Crippen molar-refractivity contribution in [2.45, 2.75) is 13.0 Å². The van der Waals surface area contributed by atoms with Crippen molar-refractivity contribution in [1.29, 1.82) is 0 Å². The topological polar surface area (TPSA) is 51.4 Å². The van der Waals surface area contributed by atoms with E-state index in [-0.39, 0.29) is 6.04 Å². The van der Waals surface area contributed by atoms with E-state index in [9.17, 15) is 0 Å². The number of anilines is 1. The van der Waals surface area contributed by atoms with Crippen LogP contribution in [0.5, 0.6) is 0 Å². The second-order valence-corrected chi connectivity index (χ2v) is 3.79. The molecule has 0 amide bonds. The zero-order valence-corrected chi connectivity index (χ0v) is 9.60. The summed E-state index contributed by atoms with van der Waals surface area (Å²) < 4.78 is 4.99. The van der Waals surface area contributed by atoms with Crippen LogP contribution in [0.1, 0.15) is 5.56 Å². The maximum atomic E-state index is 5.86. The Bertz CT molecular complexity index is 286. The first-order valence-electron chi connectivity index (χ1n) is 5.01. The molecule has 0 aliphatic rings. The average Bonchev–Trinajstić information content (AvgIpc) is 2.18. The second kappa shape index (κ2) is 5.68. The minimum Gasteiger partial charge on any atom is -0.383 e. The van der Waals surface area contributed by atoms with Gasteiger partial charge in [-0.2, -0.15) is 0 Å². The highest BCUT2D eigenvalue weighted by atomic mass is 16.5. The molecule has 1 heterocycles. The highest BCUT2D eigenvalue weighted by Gasteiger charge is 2.07. The van der Waals surface area contributed by atoms with E-state index in [2.05, 4.69) is 4.98 Å². The van der Waals surface area contributed by atoms with E-state index in [1.807, 2.05) is 37.2 Å². The van der Waals surface area contributed by atoms with E-state index in [4.69, 9.17) is 10.5 Å². The molecule has 4 heteroatoms. The van der Waals surface area contributed by atoms with Gasteiger partial charge in [-0.3, -0.25) is 0 Å². The van der Waals surface area contributed by atoms with Gasteiger partial charge in [0, 0.05) is 32.9 Å². The van der Waals surface area contributed by atoms with Gasteiger partial charge in [-0.05, 0) is 18.6 Å². The van der Waals surface area contributed by atoms with E-state index < -0.39 is 0 Å². The molecule has 1 rings (SSSR count). The van der Waals surface area contributed by atoms with Gasteiger partial charge in [-0.25, -0.2) is 4.98 Å². The summed E-state index contributed by atoms with van der Waals surface area (Å²) in [5, 5.41) is 0. The van der Waals surface area contributed by atoms with Crippen LogP contribution in [0.15, 0.2) is 18.3 Å². The largest absolute Gasteiger partial charge is 0.383 e. The molecule has 84 valence electrons. The Kier molecular flexibility index (Phi) is 4.52. The number of nitrogens with two attached hydrogens (primary N) is 1. The smallest absolute Gasteiger partial charge is 0.128 e. The molecule has 1 unspecified atom stereocenters. The third-order valence-electron chi connectivity index (χ3n) is 2.18. The monoisotopic (exact) mass is 209 g/mol. The molecule has 0 radical (unpaired) electrons. The predicted octanol–water partition coefficient (Wildman–Crippen LogP) is 0.800. The first-order valence-corrected chi connectivity index (χ1v) is 5.01. The van der Waals surface area contributed by atoms with Gasteiger partial charge in [0.05, 0.1) is 6.61 Å². The van der Waals surface area contributed by atoms with E-state index >= 15 is 0 Å². The number of methoxy groups -OCH3 is 1. The average molecular weight is 209 g/mol. The lowest BCUT2D eigenvalue weighted by atomic mass is 10.3. The Balaban J connectivity index is 2.53. The maximum Gasteiger partial charge on any atom is 0.128 e. The lowest BCUT2D eigenvalue weighted by Gasteiger charge is -2.21. The lowest BCUT2D eigenvalue weighted by Crippen LogP contribution is -2.38. The number of ether oxygens (including phenoxy) is 1. The van der Waals surface area contributed by atoms with E-state index in [1.54, 1.807) is 7.11 Å². The van der Waals surface area contributed by atoms with Crippen LogP contribution in [0.4, 0.5) is 5.82 Å². The standard InChI is InChI=1S/C11H19N3O/c1-9-4-5-11(13-6-9)14(2)7-10(12)8-15-3/h4-6,10H,7-8,12H2,1-3H3. The fourth-order valence-electron chi connectivity index (χ4n) is 1.40. The fraction of sp³-hybridized carbons (Fsp3) is 0.545. The van der Waals surface area contributed by atoms with Gasteiger partial charge >= 0.3 is 0 Å². The number of hydrogen-bond donors (Lipinski definition) is 1. The number of hydrogen-bond acceptors (Lipinski definition) is 4. The summed E-state index contributed by atoms with van der Waals surface area (Å²) >= 11 is 0. The summed E-state index contributed by atoms with van der Waals surface area (Å²) in [5.41, 5.74) is 7.02.